The van der Waals surface area contributed by atoms with Crippen LogP contribution in [-0.2, 0) is 19.2 Å². The lowest BCUT2D eigenvalue weighted by molar-refractivity contribution is -0.142. The maximum absolute atomic E-state index is 12.8. The highest BCUT2D eigenvalue weighted by molar-refractivity contribution is 9.10. The van der Waals surface area contributed by atoms with Gasteiger partial charge in [0.2, 0.25) is 35.5 Å². The van der Waals surface area contributed by atoms with Crippen LogP contribution in [-0.4, -0.2) is 142 Å². The van der Waals surface area contributed by atoms with Crippen LogP contribution in [0.4, 0.5) is 11.9 Å². The van der Waals surface area contributed by atoms with Crippen molar-refractivity contribution in [3.63, 3.8) is 0 Å². The van der Waals surface area contributed by atoms with Crippen LogP contribution in [0.1, 0.15) is 71.1 Å². The summed E-state index contributed by atoms with van der Waals surface area (Å²) in [6.45, 7) is 2.55. The van der Waals surface area contributed by atoms with Gasteiger partial charge in [-0.3, -0.25) is 38.8 Å². The van der Waals surface area contributed by atoms with Crippen LogP contribution in [0.5, 0.6) is 0 Å². The molecule has 0 N–H and O–H groups in total. The van der Waals surface area contributed by atoms with Crippen molar-refractivity contribution < 1.29 is 26.0 Å². The zero-order valence-corrected chi connectivity index (χ0v) is 34.1. The van der Waals surface area contributed by atoms with Gasteiger partial charge >= 0.3 is 0 Å². The van der Waals surface area contributed by atoms with Crippen molar-refractivity contribution in [1.29, 1.82) is 0 Å². The van der Waals surface area contributed by atoms with Gasteiger partial charge in [-0.1, -0.05) is 0 Å². The molecule has 8 aliphatic rings. The molecule has 2 aromatic heterocycles. The molecule has 15 heteroatoms. The van der Waals surface area contributed by atoms with Crippen LogP contribution in [0.2, 0.25) is 0 Å². The first kappa shape index (κ1) is 33.3. The highest BCUT2D eigenvalue weighted by Gasteiger charge is 2.61. The van der Waals surface area contributed by atoms with E-state index in [1.807, 2.05) is 14.7 Å². The van der Waals surface area contributed by atoms with Crippen molar-refractivity contribution in [2.45, 2.75) is 64.2 Å². The lowest BCUT2D eigenvalue weighted by Gasteiger charge is -2.34. The lowest BCUT2D eigenvalue weighted by atomic mass is 9.81. The highest BCUT2D eigenvalue weighted by atomic mass is 79.9. The molecule has 4 saturated heterocycles. The Morgan fingerprint density at radius 2 is 0.930 bits per heavy atom. The predicted octanol–water partition coefficient (Wildman–Crippen LogP) is 3.58. The molecule has 8 fully saturated rings. The van der Waals surface area contributed by atoms with Gasteiger partial charge in [0.05, 0.1) is 29.5 Å². The highest BCUT2D eigenvalue weighted by Crippen LogP contribution is 2.57. The van der Waals surface area contributed by atoms with Crippen molar-refractivity contribution in [3.8, 4) is 0 Å². The first-order valence-electron chi connectivity index (χ1n) is 23.7. The SMILES string of the molecule is [2H]C([2H])(CCCN1C(=O)C2C3CCC(C3)C2C1=O)N1CCN(c2ncc(Br)cn2)CC1.[2H]c1cnc(N2CCN(C([2H])([2H])CCCN3C(=O)C4C5CCC(C5)C4C3=O)CC2)nc1. The van der Waals surface area contributed by atoms with Crippen molar-refractivity contribution >= 4 is 51.5 Å². The molecule has 306 valence electrons. The Kier molecular flexibility index (Phi) is 9.91. The van der Waals surface area contributed by atoms with Gasteiger partial charge in [-0.2, -0.15) is 0 Å². The number of fused-ring (bicyclic) bond motifs is 10. The van der Waals surface area contributed by atoms with Gasteiger partial charge in [0.1, 0.15) is 0 Å². The molecule has 4 aliphatic carbocycles. The molecule has 8 unspecified atom stereocenters. The van der Waals surface area contributed by atoms with Crippen molar-refractivity contribution in [2.24, 2.45) is 47.3 Å². The van der Waals surface area contributed by atoms with Crippen LogP contribution in [0.25, 0.3) is 0 Å². The minimum absolute atomic E-state index is 0.00456. The summed E-state index contributed by atoms with van der Waals surface area (Å²) in [5.41, 5.74) is 0. The van der Waals surface area contributed by atoms with Gasteiger partial charge in [-0.05, 0) is 123 Å². The number of nitrogens with zero attached hydrogens (tertiary/aromatic N) is 10. The summed E-state index contributed by atoms with van der Waals surface area (Å²) in [4.78, 5) is 78.9. The molecular formula is C42H57BrN10O4. The monoisotopic (exact) mass is 849 g/mol. The second-order valence-corrected chi connectivity index (χ2v) is 18.0. The van der Waals surface area contributed by atoms with E-state index in [1.54, 1.807) is 12.4 Å². The maximum atomic E-state index is 12.8. The van der Waals surface area contributed by atoms with E-state index < -0.39 is 13.0 Å². The summed E-state index contributed by atoms with van der Waals surface area (Å²) >= 11 is 3.34. The van der Waals surface area contributed by atoms with E-state index in [2.05, 4.69) is 40.8 Å². The zero-order valence-electron chi connectivity index (χ0n) is 37.6. The maximum Gasteiger partial charge on any atom is 0.233 e. The minimum atomic E-state index is -1.49. The van der Waals surface area contributed by atoms with Gasteiger partial charge in [-0.25, -0.2) is 19.9 Å². The third kappa shape index (κ3) is 7.84. The van der Waals surface area contributed by atoms with E-state index in [-0.39, 0.29) is 59.8 Å². The standard InChI is InChI=1S/C21H28BrN5O2.C21H29N5O2/c22-16-12-23-21(24-13-16)26-9-7-25(8-10-26)5-1-2-6-27-19(28)17-14-3-4-15(11-14)18(17)20(27)29;27-19-17-15-4-5-16(14-15)18(17)20(28)26(19)9-2-1-8-24-10-12-25(13-11-24)21-22-6-3-7-23-21/h12-15,17-18H,1-11H2;3,6-7,15-18H,1-2,4-5,8-14H2/i5D2;3D,8D2. The third-order valence-corrected chi connectivity index (χ3v) is 14.5. The van der Waals surface area contributed by atoms with Crippen molar-refractivity contribution in [1.82, 2.24) is 39.5 Å². The van der Waals surface area contributed by atoms with Crippen molar-refractivity contribution in [2.75, 3.05) is 88.2 Å². The first-order chi connectivity index (χ1) is 29.7. The van der Waals surface area contributed by atoms with Crippen LogP contribution in [0.3, 0.4) is 0 Å². The fourth-order valence-corrected chi connectivity index (χ4v) is 11.6. The lowest BCUT2D eigenvalue weighted by Crippen LogP contribution is -2.47. The van der Waals surface area contributed by atoms with Crippen molar-refractivity contribution in [3.05, 3.63) is 35.3 Å². The van der Waals surface area contributed by atoms with E-state index in [0.717, 1.165) is 43.0 Å². The van der Waals surface area contributed by atoms with Crippen LogP contribution < -0.4 is 9.80 Å². The number of carbonyl (C=O) groups excluding carboxylic acids is 4. The molecule has 8 atom stereocenters. The molecule has 10 rings (SSSR count). The topological polar surface area (TPSA) is 139 Å². The number of aromatic nitrogens is 4. The number of imide groups is 2. The average Bonchev–Trinajstić information content (AvgIpc) is 4.14. The predicted molar refractivity (Wildman–Crippen MR) is 217 cm³/mol. The largest absolute Gasteiger partial charge is 0.338 e. The van der Waals surface area contributed by atoms with Gasteiger partial charge in [0.25, 0.3) is 0 Å². The molecule has 0 spiro atoms. The zero-order chi connectivity index (χ0) is 43.5. The molecular weight excluding hydrogens is 788 g/mol. The van der Waals surface area contributed by atoms with Crippen LogP contribution in [0.15, 0.2) is 35.3 Å². The Balaban J connectivity index is 0.000000158. The molecule has 14 nitrogen and oxygen atoms in total. The molecule has 4 saturated carbocycles. The van der Waals surface area contributed by atoms with E-state index >= 15 is 0 Å². The fraction of sp³-hybridized carbons (Fsp3) is 0.714. The number of carbonyl (C=O) groups is 4. The molecule has 4 amide bonds. The Morgan fingerprint density at radius 3 is 1.32 bits per heavy atom. The Morgan fingerprint density at radius 1 is 0.561 bits per heavy atom. The molecule has 4 bridgehead atoms. The van der Waals surface area contributed by atoms with Crippen LogP contribution in [0, 0.1) is 47.3 Å². The molecule has 6 heterocycles. The minimum Gasteiger partial charge on any atom is -0.338 e. The summed E-state index contributed by atoms with van der Waals surface area (Å²) in [7, 11) is 0. The number of halogens is 1. The van der Waals surface area contributed by atoms with E-state index in [1.165, 1.54) is 22.2 Å². The van der Waals surface area contributed by atoms with Gasteiger partial charge in [0, 0.05) is 95.7 Å². The Labute approximate surface area is 351 Å². The average molecular weight is 851 g/mol. The normalized spacial score (nSPS) is 33.9. The number of hydrogen-bond donors (Lipinski definition) is 0. The molecule has 0 radical (unpaired) electrons. The van der Waals surface area contributed by atoms with E-state index in [9.17, 15) is 19.2 Å². The van der Waals surface area contributed by atoms with Gasteiger partial charge in [0.15, 0.2) is 0 Å². The number of amides is 4. The number of piperazine rings is 2. The number of rotatable bonds is 12. The Hall–Kier alpha value is -3.56. The fourth-order valence-electron chi connectivity index (χ4n) is 11.3. The van der Waals surface area contributed by atoms with E-state index in [4.69, 9.17) is 6.85 Å². The first-order valence-corrected chi connectivity index (χ1v) is 22.0. The molecule has 2 aromatic rings. The van der Waals surface area contributed by atoms with Crippen LogP contribution >= 0.6 is 15.9 Å². The second-order valence-electron chi connectivity index (χ2n) is 17.1. The number of anilines is 2. The quantitative estimate of drug-likeness (QED) is 0.289. The van der Waals surface area contributed by atoms with Gasteiger partial charge in [-0.15, -0.1) is 0 Å². The van der Waals surface area contributed by atoms with E-state index in [0.29, 0.717) is 120 Å². The summed E-state index contributed by atoms with van der Waals surface area (Å²) < 4.78 is 42.4. The summed E-state index contributed by atoms with van der Waals surface area (Å²) in [5, 5.41) is 0. The number of likely N-dealkylation sites (tertiary alicyclic amines) is 2. The molecule has 57 heavy (non-hydrogen) atoms. The second kappa shape index (κ2) is 17.0. The summed E-state index contributed by atoms with van der Waals surface area (Å²) in [6.07, 6.45) is 14.3. The molecule has 0 aromatic carbocycles. The van der Waals surface area contributed by atoms with Gasteiger partial charge < -0.3 is 9.80 Å². The third-order valence-electron chi connectivity index (χ3n) is 14.1. The molecule has 4 aliphatic heterocycles. The Bertz CT molecular complexity index is 1810. The summed E-state index contributed by atoms with van der Waals surface area (Å²) in [5.74, 6) is 2.44. The summed E-state index contributed by atoms with van der Waals surface area (Å²) in [6, 6.07) is 0.268. The smallest absolute Gasteiger partial charge is 0.233 e. The number of hydrogen-bond acceptors (Lipinski definition) is 12.